The lowest BCUT2D eigenvalue weighted by atomic mass is 9.91. The number of amides is 17. The van der Waals surface area contributed by atoms with Crippen LogP contribution in [0.25, 0.3) is 21.7 Å². The number of benzene rings is 4. The van der Waals surface area contributed by atoms with Crippen LogP contribution in [-0.2, 0) is 101 Å². The molecule has 40 heteroatoms. The van der Waals surface area contributed by atoms with Gasteiger partial charge in [-0.2, -0.15) is 11.8 Å². The highest BCUT2D eigenvalue weighted by Crippen LogP contribution is 2.24. The number of nitrogens with two attached hydrogens (primary N) is 6. The molecule has 27 N–H and O–H groups in total. The van der Waals surface area contributed by atoms with E-state index >= 15 is 28.8 Å². The van der Waals surface area contributed by atoms with Gasteiger partial charge in [-0.1, -0.05) is 86.6 Å². The summed E-state index contributed by atoms with van der Waals surface area (Å²) in [4.78, 5) is 241. The van der Waals surface area contributed by atoms with Crippen molar-refractivity contribution in [2.75, 3.05) is 44.3 Å². The Morgan fingerprint density at radius 1 is 0.590 bits per heavy atom. The molecule has 17 amide bonds. The molecule has 0 aliphatic carbocycles. The minimum absolute atomic E-state index is 0.0447. The number of nitrogens with one attached hydrogen (secondary N) is 14. The highest BCUT2D eigenvalue weighted by Gasteiger charge is 2.42. The fraction of sp³-hybridized carbons (Fsp3) is 0.500. The first kappa shape index (κ1) is 98.5. The first-order valence-corrected chi connectivity index (χ1v) is 41.5. The SMILES string of the molecule is CC(=O)N[C@H]1CCSC[C@@H](C(=O)N[C@@H](Cc2ccc(OCCN)cc2)C(=O)N[C@@H](Cc2ccc3ccccc3c2)C(=O)N[C@@](C)(CCCCN)C(=O)N[C@@H](CCCCNC(=O)CC(C)C)C(=O)N[C@@H](CC(N)=O)C(=O)NCC(N)=O)NC(=O)[C@H](CCC(N)=O)NC(=O)[C@H](Cc2c[nH]c3ccccc23)NC(=O)[C@H]([C@@H](C)O)NC(=O)[C@H](CCC(N)=O)NC1=O. The molecule has 39 nitrogen and oxygen atoms in total. The standard InChI is InChI=1S/C82H116N20O19S/c1-45(2)36-69(109)89-33-13-10-18-56(72(111)97-63(41-67(87)107)71(110)91-43-68(88)108)100-81(120)82(5,30-11-12-31-83)102-79(118)61(39-49-19-22-50-14-6-7-15-51(50)37-49)96-76(115)60(38-48-20-23-53(24-21-48)121-34-32-84)95-78(117)64-44-122-35-29-59(92-47(4)104)74(113)93-58(26-28-66(86)106)75(114)101-70(46(3)103)80(119)98-62(40-52-42-90-55-17-9-8-16-54(52)55)77(116)94-57(73(112)99-64)25-27-65(85)105/h6-9,14-17,19-24,37,42,45-46,56-64,70,90,103H,10-13,18,25-36,38-41,43-44,83-84H2,1-5H3,(H2,85,105)(H2,86,106)(H2,87,107)(H2,88,108)(H,89,109)(H,91,110)(H,92,104)(H,93,113)(H,94,116)(H,95,117)(H,96,115)(H,97,111)(H,98,119)(H,99,112)(H,100,120)(H,101,114)(H,102,118)/t46-,56+,57+,58+,59+,60+,61+,62+,63+,64+,70+,82+/m1/s1. The van der Waals surface area contributed by atoms with E-state index in [4.69, 9.17) is 39.1 Å². The molecule has 4 aromatic carbocycles. The number of aromatic nitrogens is 1. The maximum absolute atomic E-state index is 15.8. The number of H-pyrrole nitrogens is 1. The molecule has 122 heavy (non-hydrogen) atoms. The molecule has 1 aliphatic heterocycles. The third-order valence-electron chi connectivity index (χ3n) is 19.8. The number of ether oxygens (including phenoxy) is 1. The molecule has 6 rings (SSSR count). The fourth-order valence-corrected chi connectivity index (χ4v) is 14.3. The molecule has 2 heterocycles. The van der Waals surface area contributed by atoms with Crippen LogP contribution in [0.15, 0.2) is 97.2 Å². The zero-order chi connectivity index (χ0) is 89.8. The summed E-state index contributed by atoms with van der Waals surface area (Å²) in [5.41, 5.74) is 33.6. The number of aliphatic hydroxyl groups is 1. The van der Waals surface area contributed by atoms with E-state index in [-0.39, 0.29) is 108 Å². The Morgan fingerprint density at radius 3 is 1.84 bits per heavy atom. The molecular formula is C82H116N20O19S. The van der Waals surface area contributed by atoms with Gasteiger partial charge in [0.25, 0.3) is 0 Å². The summed E-state index contributed by atoms with van der Waals surface area (Å²) < 4.78 is 5.74. The number of para-hydroxylation sites is 1. The molecule has 1 aliphatic rings. The van der Waals surface area contributed by atoms with E-state index in [0.29, 0.717) is 39.8 Å². The molecule has 0 spiro atoms. The van der Waals surface area contributed by atoms with Crippen LogP contribution in [0.1, 0.15) is 135 Å². The molecule has 1 fully saturated rings. The van der Waals surface area contributed by atoms with E-state index in [0.717, 1.165) is 36.4 Å². The number of primary amides is 4. The highest BCUT2D eigenvalue weighted by atomic mass is 32.2. The number of rotatable bonds is 43. The number of hydrogen-bond donors (Lipinski definition) is 21. The van der Waals surface area contributed by atoms with Crippen molar-refractivity contribution in [1.29, 1.82) is 0 Å². The van der Waals surface area contributed by atoms with Crippen molar-refractivity contribution < 1.29 is 91.4 Å². The maximum Gasteiger partial charge on any atom is 0.246 e. The molecule has 0 saturated carbocycles. The van der Waals surface area contributed by atoms with Crippen molar-refractivity contribution in [2.24, 2.45) is 40.3 Å². The van der Waals surface area contributed by atoms with Gasteiger partial charge in [-0.25, -0.2) is 0 Å². The summed E-state index contributed by atoms with van der Waals surface area (Å²) in [5.74, 6) is -16.5. The van der Waals surface area contributed by atoms with Gasteiger partial charge < -0.3 is 118 Å². The molecule has 0 unspecified atom stereocenters. The van der Waals surface area contributed by atoms with Crippen LogP contribution in [0.2, 0.25) is 0 Å². The van der Waals surface area contributed by atoms with Gasteiger partial charge in [0.15, 0.2) is 0 Å². The van der Waals surface area contributed by atoms with Gasteiger partial charge in [0.05, 0.1) is 19.1 Å². The molecule has 12 atom stereocenters. The van der Waals surface area contributed by atoms with Crippen molar-refractivity contribution in [3.63, 3.8) is 0 Å². The van der Waals surface area contributed by atoms with Gasteiger partial charge in [-0.05, 0) is 136 Å². The van der Waals surface area contributed by atoms with Crippen molar-refractivity contribution in [3.05, 3.63) is 114 Å². The van der Waals surface area contributed by atoms with E-state index in [9.17, 15) is 57.8 Å². The Morgan fingerprint density at radius 2 is 1.20 bits per heavy atom. The number of carbonyl (C=O) groups excluding carboxylic acids is 17. The minimum atomic E-state index is -2.01. The second-order valence-corrected chi connectivity index (χ2v) is 31.8. The topological polar surface area (TPSA) is 648 Å². The first-order valence-electron chi connectivity index (χ1n) is 40.4. The first-order chi connectivity index (χ1) is 57.9. The second-order valence-electron chi connectivity index (χ2n) is 30.6. The zero-order valence-electron chi connectivity index (χ0n) is 69.1. The normalized spacial score (nSPS) is 18.6. The van der Waals surface area contributed by atoms with Crippen LogP contribution in [-0.4, -0.2) is 227 Å². The second kappa shape index (κ2) is 49.4. The Kier molecular flexibility index (Phi) is 39.9. The van der Waals surface area contributed by atoms with Crippen LogP contribution in [0.3, 0.4) is 0 Å². The van der Waals surface area contributed by atoms with Crippen molar-refractivity contribution in [1.82, 2.24) is 74.1 Å². The number of aliphatic hydroxyl groups excluding tert-OH is 1. The van der Waals surface area contributed by atoms with Crippen molar-refractivity contribution in [2.45, 2.75) is 209 Å². The predicted molar refractivity (Wildman–Crippen MR) is 452 cm³/mol. The third-order valence-corrected chi connectivity index (χ3v) is 20.9. The van der Waals surface area contributed by atoms with Gasteiger partial charge in [0.1, 0.15) is 78.3 Å². The fourth-order valence-electron chi connectivity index (χ4n) is 13.3. The molecule has 1 aromatic heterocycles. The number of fused-ring (bicyclic) bond motifs is 2. The number of unbranched alkanes of at least 4 members (excludes halogenated alkanes) is 2. The summed E-state index contributed by atoms with van der Waals surface area (Å²) in [6.45, 7) is 7.22. The van der Waals surface area contributed by atoms with E-state index in [1.54, 1.807) is 79.0 Å². The van der Waals surface area contributed by atoms with Gasteiger partial charge in [-0.15, -0.1) is 0 Å². The van der Waals surface area contributed by atoms with E-state index in [1.165, 1.54) is 6.92 Å². The van der Waals surface area contributed by atoms with Crippen LogP contribution < -0.4 is 108 Å². The summed E-state index contributed by atoms with van der Waals surface area (Å²) in [6.07, 6.45) is -3.44. The largest absolute Gasteiger partial charge is 0.492 e. The van der Waals surface area contributed by atoms with Crippen LogP contribution in [0, 0.1) is 5.92 Å². The Labute approximate surface area is 709 Å². The Hall–Kier alpha value is -12.3. The number of aromatic amines is 1. The summed E-state index contributed by atoms with van der Waals surface area (Å²) >= 11 is 0.930. The maximum atomic E-state index is 15.8. The molecular weight excluding hydrogens is 1600 g/mol. The quantitative estimate of drug-likeness (QED) is 0.0168. The van der Waals surface area contributed by atoms with Crippen molar-refractivity contribution >= 4 is 134 Å². The minimum Gasteiger partial charge on any atom is -0.492 e. The van der Waals surface area contributed by atoms with Gasteiger partial charge >= 0.3 is 0 Å². The monoisotopic (exact) mass is 1720 g/mol. The Balaban J connectivity index is 1.46. The average molecular weight is 1720 g/mol. The zero-order valence-corrected chi connectivity index (χ0v) is 69.9. The number of carbonyl (C=O) groups is 17. The van der Waals surface area contributed by atoms with Crippen molar-refractivity contribution in [3.8, 4) is 5.75 Å². The summed E-state index contributed by atoms with van der Waals surface area (Å²) in [5, 5.41) is 47.1. The Bertz CT molecular complexity index is 4510. The molecule has 5 aromatic rings. The smallest absolute Gasteiger partial charge is 0.246 e. The molecule has 0 bridgehead atoms. The number of hydrogen-bond acceptors (Lipinski definition) is 22. The lowest BCUT2D eigenvalue weighted by Crippen LogP contribution is -2.64. The average Bonchev–Trinajstić information content (AvgIpc) is 1.38. The van der Waals surface area contributed by atoms with Crippen LogP contribution >= 0.6 is 11.8 Å². The van der Waals surface area contributed by atoms with Crippen LogP contribution in [0.5, 0.6) is 5.75 Å². The molecule has 0 radical (unpaired) electrons. The molecule has 664 valence electrons. The lowest BCUT2D eigenvalue weighted by molar-refractivity contribution is -0.138. The lowest BCUT2D eigenvalue weighted by Gasteiger charge is -2.34. The van der Waals surface area contributed by atoms with E-state index in [2.05, 4.69) is 74.1 Å². The van der Waals surface area contributed by atoms with Gasteiger partial charge in [0, 0.05) is 81.4 Å². The molecule has 1 saturated heterocycles. The van der Waals surface area contributed by atoms with Crippen LogP contribution in [0.4, 0.5) is 0 Å². The highest BCUT2D eigenvalue weighted by molar-refractivity contribution is 7.99. The number of thioether (sulfide) groups is 1. The predicted octanol–water partition coefficient (Wildman–Crippen LogP) is -3.58. The van der Waals surface area contributed by atoms with E-state index < -0.39 is 211 Å². The van der Waals surface area contributed by atoms with Gasteiger partial charge in [0.2, 0.25) is 100 Å². The summed E-state index contributed by atoms with van der Waals surface area (Å²) in [7, 11) is 0. The van der Waals surface area contributed by atoms with Gasteiger partial charge in [-0.3, -0.25) is 81.5 Å². The van der Waals surface area contributed by atoms with E-state index in [1.807, 2.05) is 32.0 Å². The third kappa shape index (κ3) is 33.0. The summed E-state index contributed by atoms with van der Waals surface area (Å²) in [6, 6.07) is 8.83.